The monoisotopic (exact) mass is 499 g/mol. The van der Waals surface area contributed by atoms with Crippen molar-refractivity contribution < 1.29 is 12.9 Å². The third kappa shape index (κ3) is 3.88. The fourth-order valence-corrected chi connectivity index (χ4v) is 7.14. The molecule has 0 aliphatic carbocycles. The zero-order chi connectivity index (χ0) is 24.0. The second-order valence-electron chi connectivity index (χ2n) is 8.42. The van der Waals surface area contributed by atoms with Gasteiger partial charge in [0.15, 0.2) is 5.76 Å². The Labute approximate surface area is 201 Å². The van der Waals surface area contributed by atoms with Gasteiger partial charge in [-0.25, -0.2) is 13.4 Å². The van der Waals surface area contributed by atoms with Crippen molar-refractivity contribution in [1.29, 1.82) is 0 Å². The maximum Gasteiger partial charge on any atom is 0.260 e. The first-order chi connectivity index (χ1) is 16.3. The quantitative estimate of drug-likeness (QED) is 0.448. The highest BCUT2D eigenvalue weighted by Crippen LogP contribution is 2.32. The largest absolute Gasteiger partial charge is 0.360 e. The summed E-state index contributed by atoms with van der Waals surface area (Å²) in [4.78, 5) is 23.7. The molecule has 3 aromatic heterocycles. The zero-order valence-corrected chi connectivity index (χ0v) is 20.7. The third-order valence-electron chi connectivity index (χ3n) is 6.33. The Morgan fingerprint density at radius 3 is 2.47 bits per heavy atom. The van der Waals surface area contributed by atoms with E-state index < -0.39 is 10.0 Å². The van der Waals surface area contributed by atoms with Gasteiger partial charge < -0.3 is 9.51 Å². The lowest BCUT2D eigenvalue weighted by Gasteiger charge is -2.36. The average Bonchev–Trinajstić information content (AvgIpc) is 3.42. The van der Waals surface area contributed by atoms with Crippen LogP contribution in [0.5, 0.6) is 0 Å². The minimum atomic E-state index is -3.67. The van der Waals surface area contributed by atoms with Gasteiger partial charge in [-0.3, -0.25) is 9.69 Å². The van der Waals surface area contributed by atoms with Gasteiger partial charge in [-0.1, -0.05) is 35.5 Å². The molecule has 4 heterocycles. The van der Waals surface area contributed by atoms with E-state index in [2.05, 4.69) is 15.0 Å². The van der Waals surface area contributed by atoms with Crippen molar-refractivity contribution in [2.45, 2.75) is 31.7 Å². The molecule has 1 aromatic carbocycles. The minimum Gasteiger partial charge on any atom is -0.360 e. The fraction of sp³-hybridized carbons (Fsp3) is 0.348. The summed E-state index contributed by atoms with van der Waals surface area (Å²) >= 11 is 1.45. The number of hydrogen-bond donors (Lipinski definition) is 1. The first-order valence-electron chi connectivity index (χ1n) is 11.0. The van der Waals surface area contributed by atoms with Crippen LogP contribution in [0.15, 0.2) is 49.9 Å². The van der Waals surface area contributed by atoms with Gasteiger partial charge in [0.25, 0.3) is 5.56 Å². The summed E-state index contributed by atoms with van der Waals surface area (Å²) in [6.45, 7) is 6.93. The van der Waals surface area contributed by atoms with E-state index in [9.17, 15) is 13.2 Å². The van der Waals surface area contributed by atoms with Gasteiger partial charge in [-0.05, 0) is 26.3 Å². The molecular formula is C23H25N5O4S2. The Balaban J connectivity index is 1.35. The van der Waals surface area contributed by atoms with Crippen LogP contribution in [-0.4, -0.2) is 58.9 Å². The van der Waals surface area contributed by atoms with E-state index in [4.69, 9.17) is 9.51 Å². The summed E-state index contributed by atoms with van der Waals surface area (Å²) in [7, 11) is -3.67. The summed E-state index contributed by atoms with van der Waals surface area (Å²) in [5.41, 5.74) is 2.07. The van der Waals surface area contributed by atoms with Gasteiger partial charge in [0, 0.05) is 37.1 Å². The highest BCUT2D eigenvalue weighted by molar-refractivity contribution is 7.89. The summed E-state index contributed by atoms with van der Waals surface area (Å²) in [5, 5.41) is 6.35. The van der Waals surface area contributed by atoms with E-state index in [1.165, 1.54) is 15.6 Å². The van der Waals surface area contributed by atoms with Crippen molar-refractivity contribution in [2.75, 3.05) is 26.2 Å². The molecular weight excluding hydrogens is 474 g/mol. The van der Waals surface area contributed by atoms with Crippen molar-refractivity contribution in [1.82, 2.24) is 24.3 Å². The van der Waals surface area contributed by atoms with Crippen LogP contribution in [0.2, 0.25) is 0 Å². The molecule has 178 valence electrons. The first-order valence-corrected chi connectivity index (χ1v) is 13.3. The van der Waals surface area contributed by atoms with Crippen LogP contribution < -0.4 is 5.56 Å². The van der Waals surface area contributed by atoms with Crippen molar-refractivity contribution in [2.24, 2.45) is 0 Å². The Bertz CT molecular complexity index is 1480. The number of benzene rings is 1. The molecule has 1 atom stereocenters. The average molecular weight is 500 g/mol. The predicted molar refractivity (Wildman–Crippen MR) is 130 cm³/mol. The SMILES string of the molecule is Cc1noc(C)c1S(=O)(=O)N1CCN(C(C)c2nc3scc(-c4ccccc4)c3c(=O)[nH]2)CC1. The van der Waals surface area contributed by atoms with Gasteiger partial charge in [0.1, 0.15) is 21.2 Å². The molecule has 0 saturated carbocycles. The van der Waals surface area contributed by atoms with Crippen LogP contribution in [-0.2, 0) is 10.0 Å². The molecule has 1 aliphatic rings. The molecule has 1 N–H and O–H groups in total. The van der Waals surface area contributed by atoms with E-state index in [0.29, 0.717) is 53.7 Å². The number of aryl methyl sites for hydroxylation is 2. The lowest BCUT2D eigenvalue weighted by molar-refractivity contribution is 0.141. The molecule has 1 aliphatic heterocycles. The highest BCUT2D eigenvalue weighted by atomic mass is 32.2. The number of aromatic amines is 1. The molecule has 34 heavy (non-hydrogen) atoms. The number of aromatic nitrogens is 3. The lowest BCUT2D eigenvalue weighted by atomic mass is 10.1. The van der Waals surface area contributed by atoms with Crippen LogP contribution in [0.25, 0.3) is 21.3 Å². The van der Waals surface area contributed by atoms with Crippen LogP contribution in [0, 0.1) is 13.8 Å². The Kier molecular flexibility index (Phi) is 5.88. The molecule has 1 saturated heterocycles. The second kappa shape index (κ2) is 8.73. The number of H-pyrrole nitrogens is 1. The van der Waals surface area contributed by atoms with Gasteiger partial charge in [-0.15, -0.1) is 11.3 Å². The van der Waals surface area contributed by atoms with Gasteiger partial charge in [0.05, 0.1) is 11.4 Å². The fourth-order valence-electron chi connectivity index (χ4n) is 4.47. The second-order valence-corrected chi connectivity index (χ2v) is 11.1. The van der Waals surface area contributed by atoms with Gasteiger partial charge in [-0.2, -0.15) is 4.31 Å². The van der Waals surface area contributed by atoms with Crippen LogP contribution in [0.3, 0.4) is 0 Å². The maximum atomic E-state index is 13.1. The van der Waals surface area contributed by atoms with Crippen molar-refractivity contribution >= 4 is 31.6 Å². The smallest absolute Gasteiger partial charge is 0.260 e. The number of nitrogens with zero attached hydrogens (tertiary/aromatic N) is 4. The Hall–Kier alpha value is -2.86. The minimum absolute atomic E-state index is 0.150. The molecule has 4 aromatic rings. The highest BCUT2D eigenvalue weighted by Gasteiger charge is 2.34. The molecule has 9 nitrogen and oxygen atoms in total. The predicted octanol–water partition coefficient (Wildman–Crippen LogP) is 3.32. The summed E-state index contributed by atoms with van der Waals surface area (Å²) < 4.78 is 32.7. The summed E-state index contributed by atoms with van der Waals surface area (Å²) in [6, 6.07) is 9.63. The molecule has 1 fully saturated rings. The van der Waals surface area contributed by atoms with Crippen molar-refractivity contribution in [3.8, 4) is 11.1 Å². The summed E-state index contributed by atoms with van der Waals surface area (Å²) in [6.07, 6.45) is 0. The number of thiophene rings is 1. The van der Waals surface area contributed by atoms with Crippen LogP contribution >= 0.6 is 11.3 Å². The molecule has 0 amide bonds. The number of rotatable bonds is 5. The molecule has 1 unspecified atom stereocenters. The topological polar surface area (TPSA) is 112 Å². The Morgan fingerprint density at radius 1 is 1.12 bits per heavy atom. The van der Waals surface area contributed by atoms with Crippen molar-refractivity contribution in [3.05, 3.63) is 63.3 Å². The van der Waals surface area contributed by atoms with Crippen molar-refractivity contribution in [3.63, 3.8) is 0 Å². The Morgan fingerprint density at radius 2 is 1.82 bits per heavy atom. The van der Waals surface area contributed by atoms with E-state index in [1.807, 2.05) is 42.6 Å². The zero-order valence-electron chi connectivity index (χ0n) is 19.1. The maximum absolute atomic E-state index is 13.1. The number of nitrogens with one attached hydrogen (secondary N) is 1. The van der Waals surface area contributed by atoms with E-state index in [1.54, 1.807) is 13.8 Å². The number of fused-ring (bicyclic) bond motifs is 1. The number of sulfonamides is 1. The van der Waals surface area contributed by atoms with Crippen LogP contribution in [0.1, 0.15) is 30.2 Å². The van der Waals surface area contributed by atoms with Crippen LogP contribution in [0.4, 0.5) is 0 Å². The molecule has 0 spiro atoms. The van der Waals surface area contributed by atoms with Gasteiger partial charge >= 0.3 is 0 Å². The summed E-state index contributed by atoms with van der Waals surface area (Å²) in [5.74, 6) is 0.884. The number of piperazine rings is 1. The van der Waals surface area contributed by atoms with Gasteiger partial charge in [0.2, 0.25) is 10.0 Å². The van der Waals surface area contributed by atoms with E-state index in [0.717, 1.165) is 11.1 Å². The number of hydrogen-bond acceptors (Lipinski definition) is 8. The third-order valence-corrected chi connectivity index (χ3v) is 9.35. The first kappa shape index (κ1) is 22.9. The lowest BCUT2D eigenvalue weighted by Crippen LogP contribution is -2.49. The molecule has 5 rings (SSSR count). The molecule has 11 heteroatoms. The van der Waals surface area contributed by atoms with E-state index >= 15 is 0 Å². The van der Waals surface area contributed by atoms with E-state index in [-0.39, 0.29) is 16.5 Å². The normalized spacial score (nSPS) is 16.8. The molecule has 0 radical (unpaired) electrons. The standard InChI is InChI=1S/C23H25N5O4S2/c1-14-20(16(3)32-26-14)34(30,31)28-11-9-27(10-12-28)15(2)21-24-22(29)19-18(13-33-23(19)25-21)17-7-5-4-6-8-17/h4-8,13,15H,9-12H2,1-3H3,(H,24,25,29). The molecule has 0 bridgehead atoms.